The first kappa shape index (κ1) is 10.1. The number of nitrogens with zero attached hydrogens (tertiary/aromatic N) is 2. The Kier molecular flexibility index (Phi) is 2.16. The van der Waals surface area contributed by atoms with Gasteiger partial charge in [0.15, 0.2) is 0 Å². The molecule has 0 atom stereocenters. The predicted molar refractivity (Wildman–Crippen MR) is 66.4 cm³/mol. The lowest BCUT2D eigenvalue weighted by atomic mass is 10.1. The minimum atomic E-state index is -0.0557. The van der Waals surface area contributed by atoms with Gasteiger partial charge in [-0.05, 0) is 52.5 Å². The quantitative estimate of drug-likeness (QED) is 0.917. The van der Waals surface area contributed by atoms with Gasteiger partial charge < -0.3 is 5.73 Å². The number of rotatable bonds is 2. The standard InChI is InChI=1S/C12H12BrN3/c13-11-5-8-15-16(11)10-3-1-9(2-4-10)12(14)6-7-12/h1-5,8H,6-7,14H2. The highest BCUT2D eigenvalue weighted by Crippen LogP contribution is 2.42. The van der Waals surface area contributed by atoms with Crippen molar-refractivity contribution in [2.24, 2.45) is 5.73 Å². The molecule has 82 valence electrons. The van der Waals surface area contributed by atoms with Gasteiger partial charge in [-0.2, -0.15) is 5.10 Å². The van der Waals surface area contributed by atoms with Crippen LogP contribution in [0.25, 0.3) is 5.69 Å². The van der Waals surface area contributed by atoms with Crippen LogP contribution in [0, 0.1) is 0 Å². The number of aromatic nitrogens is 2. The number of hydrogen-bond acceptors (Lipinski definition) is 2. The molecule has 2 N–H and O–H groups in total. The Labute approximate surface area is 102 Å². The molecule has 0 unspecified atom stereocenters. The maximum atomic E-state index is 6.13. The molecular weight excluding hydrogens is 266 g/mol. The Balaban J connectivity index is 1.96. The summed E-state index contributed by atoms with van der Waals surface area (Å²) in [6.07, 6.45) is 3.96. The molecule has 1 aromatic heterocycles. The molecule has 0 spiro atoms. The van der Waals surface area contributed by atoms with Crippen LogP contribution in [-0.2, 0) is 5.54 Å². The van der Waals surface area contributed by atoms with Crippen molar-refractivity contribution < 1.29 is 0 Å². The number of halogens is 1. The van der Waals surface area contributed by atoms with Crippen molar-refractivity contribution in [3.8, 4) is 5.69 Å². The molecule has 0 radical (unpaired) electrons. The lowest BCUT2D eigenvalue weighted by Crippen LogP contribution is -2.18. The average molecular weight is 278 g/mol. The molecule has 1 aliphatic carbocycles. The van der Waals surface area contributed by atoms with Crippen LogP contribution >= 0.6 is 15.9 Å². The van der Waals surface area contributed by atoms with Crippen molar-refractivity contribution in [2.45, 2.75) is 18.4 Å². The van der Waals surface area contributed by atoms with Gasteiger partial charge in [-0.1, -0.05) is 12.1 Å². The van der Waals surface area contributed by atoms with Crippen LogP contribution in [0.1, 0.15) is 18.4 Å². The first-order valence-electron chi connectivity index (χ1n) is 5.28. The molecule has 4 heteroatoms. The van der Waals surface area contributed by atoms with Crippen LogP contribution in [0.3, 0.4) is 0 Å². The minimum Gasteiger partial charge on any atom is -0.321 e. The molecule has 0 bridgehead atoms. The molecule has 1 saturated carbocycles. The third kappa shape index (κ3) is 1.58. The van der Waals surface area contributed by atoms with E-state index in [4.69, 9.17) is 5.73 Å². The van der Waals surface area contributed by atoms with Gasteiger partial charge in [-0.15, -0.1) is 0 Å². The van der Waals surface area contributed by atoms with Crippen LogP contribution in [0.15, 0.2) is 41.1 Å². The van der Waals surface area contributed by atoms with Gasteiger partial charge in [0.1, 0.15) is 4.60 Å². The Hall–Kier alpha value is -1.13. The molecule has 1 fully saturated rings. The molecule has 1 aromatic carbocycles. The predicted octanol–water partition coefficient (Wildman–Crippen LogP) is 2.58. The Morgan fingerprint density at radius 3 is 2.38 bits per heavy atom. The number of hydrogen-bond donors (Lipinski definition) is 1. The van der Waals surface area contributed by atoms with E-state index in [0.29, 0.717) is 0 Å². The summed E-state index contributed by atoms with van der Waals surface area (Å²) in [4.78, 5) is 0. The number of benzene rings is 1. The van der Waals surface area contributed by atoms with E-state index in [-0.39, 0.29) is 5.54 Å². The molecule has 0 amide bonds. The maximum absolute atomic E-state index is 6.13. The van der Waals surface area contributed by atoms with Crippen LogP contribution in [0.4, 0.5) is 0 Å². The van der Waals surface area contributed by atoms with E-state index in [0.717, 1.165) is 23.1 Å². The first-order chi connectivity index (χ1) is 7.69. The summed E-state index contributed by atoms with van der Waals surface area (Å²) in [6, 6.07) is 10.2. The molecule has 3 nitrogen and oxygen atoms in total. The largest absolute Gasteiger partial charge is 0.321 e. The maximum Gasteiger partial charge on any atom is 0.109 e. The van der Waals surface area contributed by atoms with E-state index in [1.54, 1.807) is 6.20 Å². The van der Waals surface area contributed by atoms with Gasteiger partial charge in [0.05, 0.1) is 11.9 Å². The van der Waals surface area contributed by atoms with Gasteiger partial charge in [0.25, 0.3) is 0 Å². The first-order valence-corrected chi connectivity index (χ1v) is 6.08. The summed E-state index contributed by atoms with van der Waals surface area (Å²) in [5.41, 5.74) is 8.35. The zero-order chi connectivity index (χ0) is 11.2. The summed E-state index contributed by atoms with van der Waals surface area (Å²) in [5, 5.41) is 4.23. The van der Waals surface area contributed by atoms with Crippen LogP contribution in [0.5, 0.6) is 0 Å². The molecule has 1 heterocycles. The fourth-order valence-electron chi connectivity index (χ4n) is 1.84. The van der Waals surface area contributed by atoms with Crippen molar-refractivity contribution >= 4 is 15.9 Å². The van der Waals surface area contributed by atoms with Gasteiger partial charge in [0, 0.05) is 5.54 Å². The smallest absolute Gasteiger partial charge is 0.109 e. The summed E-state index contributed by atoms with van der Waals surface area (Å²) >= 11 is 3.45. The van der Waals surface area contributed by atoms with Crippen LogP contribution in [-0.4, -0.2) is 9.78 Å². The molecule has 3 rings (SSSR count). The summed E-state index contributed by atoms with van der Waals surface area (Å²) in [6.45, 7) is 0. The minimum absolute atomic E-state index is 0.0557. The second-order valence-electron chi connectivity index (χ2n) is 4.27. The Morgan fingerprint density at radius 2 is 1.88 bits per heavy atom. The van der Waals surface area contributed by atoms with E-state index >= 15 is 0 Å². The zero-order valence-electron chi connectivity index (χ0n) is 8.73. The topological polar surface area (TPSA) is 43.8 Å². The van der Waals surface area contributed by atoms with Gasteiger partial charge >= 0.3 is 0 Å². The highest BCUT2D eigenvalue weighted by Gasteiger charge is 2.39. The Bertz CT molecular complexity index is 511. The number of nitrogens with two attached hydrogens (primary N) is 1. The molecule has 0 aliphatic heterocycles. The summed E-state index contributed by atoms with van der Waals surface area (Å²) in [5.74, 6) is 0. The molecule has 16 heavy (non-hydrogen) atoms. The lowest BCUT2D eigenvalue weighted by Gasteiger charge is -2.10. The van der Waals surface area contributed by atoms with Crippen molar-refractivity contribution in [3.63, 3.8) is 0 Å². The third-order valence-corrected chi connectivity index (χ3v) is 3.67. The van der Waals surface area contributed by atoms with Gasteiger partial charge in [0.2, 0.25) is 0 Å². The average Bonchev–Trinajstić information content (AvgIpc) is 2.90. The van der Waals surface area contributed by atoms with E-state index in [2.05, 4.69) is 45.3 Å². The molecule has 1 aliphatic rings. The zero-order valence-corrected chi connectivity index (χ0v) is 10.3. The van der Waals surface area contributed by atoms with E-state index < -0.39 is 0 Å². The molecule has 0 saturated heterocycles. The Morgan fingerprint density at radius 1 is 1.19 bits per heavy atom. The molecule has 2 aromatic rings. The monoisotopic (exact) mass is 277 g/mol. The highest BCUT2D eigenvalue weighted by molar-refractivity contribution is 9.10. The fraction of sp³-hybridized carbons (Fsp3) is 0.250. The summed E-state index contributed by atoms with van der Waals surface area (Å²) < 4.78 is 2.80. The van der Waals surface area contributed by atoms with Gasteiger partial charge in [-0.25, -0.2) is 4.68 Å². The van der Waals surface area contributed by atoms with Crippen molar-refractivity contribution in [1.82, 2.24) is 9.78 Å². The highest BCUT2D eigenvalue weighted by atomic mass is 79.9. The molecular formula is C12H12BrN3. The van der Waals surface area contributed by atoms with Crippen molar-refractivity contribution in [1.29, 1.82) is 0 Å². The summed E-state index contributed by atoms with van der Waals surface area (Å²) in [7, 11) is 0. The van der Waals surface area contributed by atoms with Crippen molar-refractivity contribution in [2.75, 3.05) is 0 Å². The normalized spacial score (nSPS) is 17.4. The van der Waals surface area contributed by atoms with E-state index in [1.165, 1.54) is 5.56 Å². The second kappa shape index (κ2) is 3.43. The van der Waals surface area contributed by atoms with Crippen LogP contribution < -0.4 is 5.73 Å². The second-order valence-corrected chi connectivity index (χ2v) is 5.08. The lowest BCUT2D eigenvalue weighted by molar-refractivity contribution is 0.738. The fourth-order valence-corrected chi connectivity index (χ4v) is 2.25. The van der Waals surface area contributed by atoms with E-state index in [1.807, 2.05) is 10.7 Å². The van der Waals surface area contributed by atoms with Crippen molar-refractivity contribution in [3.05, 3.63) is 46.7 Å². The SMILES string of the molecule is NC1(c2ccc(-n3nccc3Br)cc2)CC1. The van der Waals surface area contributed by atoms with E-state index in [9.17, 15) is 0 Å². The van der Waals surface area contributed by atoms with Crippen LogP contribution in [0.2, 0.25) is 0 Å². The van der Waals surface area contributed by atoms with Gasteiger partial charge in [-0.3, -0.25) is 0 Å². The third-order valence-electron chi connectivity index (χ3n) is 3.07.